The smallest absolute Gasteiger partial charge is 0.324 e. The molecular formula is C50H70N6O8S4. The second kappa shape index (κ2) is 24.2. The summed E-state index contributed by atoms with van der Waals surface area (Å²) >= 11 is 0. The fourth-order valence-electron chi connectivity index (χ4n) is 9.75. The number of para-hydroxylation sites is 1. The van der Waals surface area contributed by atoms with E-state index in [0.29, 0.717) is 44.3 Å². The van der Waals surface area contributed by atoms with Crippen molar-refractivity contribution in [2.75, 3.05) is 40.4 Å². The number of methoxy groups -OCH3 is 1. The van der Waals surface area contributed by atoms with Crippen molar-refractivity contribution in [2.24, 2.45) is 17.3 Å². The highest BCUT2D eigenvalue weighted by Gasteiger charge is 2.40. The number of aromatic nitrogens is 1. The summed E-state index contributed by atoms with van der Waals surface area (Å²) in [6, 6.07) is 16.5. The van der Waals surface area contributed by atoms with Gasteiger partial charge in [0.25, 0.3) is 5.91 Å². The van der Waals surface area contributed by atoms with Gasteiger partial charge in [-0.2, -0.15) is 54.0 Å². The van der Waals surface area contributed by atoms with Crippen molar-refractivity contribution in [3.63, 3.8) is 0 Å². The molecule has 7 rings (SSSR count). The van der Waals surface area contributed by atoms with E-state index in [1.54, 1.807) is 31.2 Å². The van der Waals surface area contributed by atoms with Crippen LogP contribution >= 0.6 is 54.0 Å². The number of esters is 1. The van der Waals surface area contributed by atoms with E-state index < -0.39 is 47.2 Å². The Kier molecular flexibility index (Phi) is 20.5. The molecule has 14 nitrogen and oxygen atoms in total. The number of nitrogens with one attached hydrogen (secondary N) is 2. The first kappa shape index (κ1) is 57.6. The van der Waals surface area contributed by atoms with Gasteiger partial charge in [0.2, 0.25) is 17.7 Å². The lowest BCUT2D eigenvalue weighted by atomic mass is 9.84. The van der Waals surface area contributed by atoms with Crippen LogP contribution in [0.3, 0.4) is 0 Å². The van der Waals surface area contributed by atoms with Crippen molar-refractivity contribution in [2.45, 2.75) is 91.4 Å². The number of rotatable bonds is 9. The lowest BCUT2D eigenvalue weighted by Gasteiger charge is -2.37. The zero-order chi connectivity index (χ0) is 46.0. The molecule has 4 heterocycles. The third-order valence-electron chi connectivity index (χ3n) is 12.9. The molecule has 0 radical (unpaired) electrons. The van der Waals surface area contributed by atoms with E-state index in [1.165, 1.54) is 16.0 Å². The highest BCUT2D eigenvalue weighted by atomic mass is 32.1. The average Bonchev–Trinajstić information content (AvgIpc) is 3.89. The number of aromatic hydroxyl groups is 1. The number of carbonyl (C=O) groups excluding carboxylic acids is 5. The molecule has 3 aliphatic rings. The second-order valence-corrected chi connectivity index (χ2v) is 18.5. The van der Waals surface area contributed by atoms with Crippen molar-refractivity contribution >= 4 is 94.5 Å². The van der Waals surface area contributed by atoms with Gasteiger partial charge in [0.1, 0.15) is 29.6 Å². The number of phenolic OH excluding ortho intramolecular Hbond substituents is 1. The standard InChI is InChI=1S/C50H62N6O8.4H2S/c1-9-43(58)54-21-19-33(28-54)47(60)53(7)44(30(3)4)46(59)51-40-24-31-22-34(25-35(57)23-31)32-17-18-41-37(26-32)38(45(55(41)10-2)36-14-11-12-16-42(36)63-8)27-50(5,6)29-64-49(62)39-15-13-20-56(52-39)48(40)61;;;;/h9,11-12,14,16-18,22-23,25-26,30,33,39-40,44,52,57H,1,10,13,15,19-21,24,27-29H2,2-8H3,(H,51,59);4*1H2/t33-,39-,40-,44-;;;;/m0..../s1. The van der Waals surface area contributed by atoms with Crippen LogP contribution in [0.25, 0.3) is 33.3 Å². The number of ether oxygens (including phenoxy) is 2. The average molecular weight is 1010 g/mol. The summed E-state index contributed by atoms with van der Waals surface area (Å²) in [6.07, 6.45) is 3.19. The lowest BCUT2D eigenvalue weighted by Crippen LogP contribution is -2.62. The Bertz CT molecular complexity index is 2480. The molecule has 4 atom stereocenters. The van der Waals surface area contributed by atoms with Crippen LogP contribution in [-0.2, 0) is 48.1 Å². The predicted octanol–water partition coefficient (Wildman–Crippen LogP) is 6.33. The zero-order valence-electron chi connectivity index (χ0n) is 40.1. The number of nitrogens with zero attached hydrogens (tertiary/aromatic N) is 4. The summed E-state index contributed by atoms with van der Waals surface area (Å²) in [6.45, 7) is 15.2. The van der Waals surface area contributed by atoms with Crippen molar-refractivity contribution < 1.29 is 38.6 Å². The molecule has 3 N–H and O–H groups in total. The van der Waals surface area contributed by atoms with Crippen LogP contribution < -0.4 is 15.5 Å². The minimum absolute atomic E-state index is 0. The fraction of sp³-hybridized carbons (Fsp3) is 0.460. The Balaban J connectivity index is 0.00000306. The van der Waals surface area contributed by atoms with E-state index in [9.17, 15) is 29.1 Å². The van der Waals surface area contributed by atoms with E-state index in [4.69, 9.17) is 9.47 Å². The topological polar surface area (TPSA) is 163 Å². The zero-order valence-corrected chi connectivity index (χ0v) is 44.1. The second-order valence-electron chi connectivity index (χ2n) is 18.5. The highest BCUT2D eigenvalue weighted by Crippen LogP contribution is 2.43. The van der Waals surface area contributed by atoms with Gasteiger partial charge in [-0.25, -0.2) is 5.43 Å². The van der Waals surface area contributed by atoms with Gasteiger partial charge in [0.15, 0.2) is 0 Å². The van der Waals surface area contributed by atoms with Crippen LogP contribution in [0.15, 0.2) is 73.3 Å². The summed E-state index contributed by atoms with van der Waals surface area (Å²) in [7, 11) is 3.25. The Labute approximate surface area is 428 Å². The molecule has 0 unspecified atom stereocenters. The number of amides is 4. The third-order valence-corrected chi connectivity index (χ3v) is 12.9. The van der Waals surface area contributed by atoms with E-state index in [1.807, 2.05) is 44.2 Å². The number of hydrogen-bond donors (Lipinski definition) is 3. The summed E-state index contributed by atoms with van der Waals surface area (Å²) < 4.78 is 14.3. The van der Waals surface area contributed by atoms with E-state index >= 15 is 0 Å². The molecule has 3 aliphatic heterocycles. The van der Waals surface area contributed by atoms with Gasteiger partial charge < -0.3 is 34.3 Å². The van der Waals surface area contributed by atoms with E-state index in [2.05, 4.69) is 60.9 Å². The van der Waals surface area contributed by atoms with Gasteiger partial charge in [-0.15, -0.1) is 0 Å². The van der Waals surface area contributed by atoms with Crippen LogP contribution in [-0.4, -0.2) is 113 Å². The van der Waals surface area contributed by atoms with E-state index in [0.717, 1.165) is 44.6 Å². The Morgan fingerprint density at radius 2 is 1.74 bits per heavy atom. The van der Waals surface area contributed by atoms with Crippen molar-refractivity contribution in [3.8, 4) is 33.9 Å². The van der Waals surface area contributed by atoms with Crippen molar-refractivity contribution in [1.29, 1.82) is 0 Å². The number of aryl methyl sites for hydroxylation is 1. The monoisotopic (exact) mass is 1010 g/mol. The molecule has 0 saturated carbocycles. The number of benzene rings is 3. The number of cyclic esters (lactones) is 1. The molecule has 4 aromatic rings. The number of hydrazine groups is 1. The SMILES string of the molecule is C=CC(=O)N1CC[C@H](C(=O)N(C)[C@H](C(=O)N[C@H]2Cc3cc(O)cc(c3)-c3ccc4c(c3)c(c(-c3ccccc3OC)n4CC)CC(C)(C)COC(=O)[C@@H]3CCCN(N3)C2=O)C(C)C)C1.S.S.S.S. The van der Waals surface area contributed by atoms with Gasteiger partial charge in [0, 0.05) is 61.5 Å². The third kappa shape index (κ3) is 12.2. The number of carbonyl (C=O) groups is 5. The van der Waals surface area contributed by atoms with Gasteiger partial charge in [-0.3, -0.25) is 29.0 Å². The normalized spacial score (nSPS) is 19.4. The minimum Gasteiger partial charge on any atom is -0.508 e. The number of fused-ring (bicyclic) bond motifs is 6. The Hall–Kier alpha value is -4.75. The maximum Gasteiger partial charge on any atom is 0.324 e. The molecule has 3 aromatic carbocycles. The first-order chi connectivity index (χ1) is 30.5. The summed E-state index contributed by atoms with van der Waals surface area (Å²) in [5.74, 6) is -2.10. The number of likely N-dealkylation sites (tertiary alicyclic amines) is 1. The van der Waals surface area contributed by atoms with Crippen molar-refractivity contribution in [3.05, 3.63) is 84.4 Å². The van der Waals surface area contributed by atoms with Crippen LogP contribution in [0.4, 0.5) is 0 Å². The fourth-order valence-corrected chi connectivity index (χ4v) is 9.75. The molecular weight excluding hydrogens is 941 g/mol. The highest BCUT2D eigenvalue weighted by molar-refractivity contribution is 7.59. The Morgan fingerprint density at radius 3 is 2.41 bits per heavy atom. The summed E-state index contributed by atoms with van der Waals surface area (Å²) in [5, 5.41) is 16.7. The van der Waals surface area contributed by atoms with Crippen LogP contribution in [0, 0.1) is 17.3 Å². The van der Waals surface area contributed by atoms with Crippen LogP contribution in [0.2, 0.25) is 0 Å². The maximum absolute atomic E-state index is 14.7. The molecule has 0 aliphatic carbocycles. The van der Waals surface area contributed by atoms with Crippen LogP contribution in [0.1, 0.15) is 65.0 Å². The molecule has 68 heavy (non-hydrogen) atoms. The first-order valence-corrected chi connectivity index (χ1v) is 22.4. The van der Waals surface area contributed by atoms with Gasteiger partial charge in [-0.05, 0) is 103 Å². The van der Waals surface area contributed by atoms with E-state index in [-0.39, 0.29) is 104 Å². The molecule has 1 aromatic heterocycles. The van der Waals surface area contributed by atoms with Gasteiger partial charge in [0.05, 0.1) is 25.3 Å². The summed E-state index contributed by atoms with van der Waals surface area (Å²) in [4.78, 5) is 72.2. The molecule has 18 heteroatoms. The van der Waals surface area contributed by atoms with Gasteiger partial charge >= 0.3 is 5.97 Å². The largest absolute Gasteiger partial charge is 0.508 e. The molecule has 2 fully saturated rings. The molecule has 6 bridgehead atoms. The van der Waals surface area contributed by atoms with Crippen LogP contribution in [0.5, 0.6) is 11.5 Å². The number of hydrogen-bond acceptors (Lipinski definition) is 9. The maximum atomic E-state index is 14.7. The molecule has 372 valence electrons. The Morgan fingerprint density at radius 1 is 1.01 bits per heavy atom. The first-order valence-electron chi connectivity index (χ1n) is 22.4. The minimum atomic E-state index is -1.16. The quantitative estimate of drug-likeness (QED) is 0.129. The van der Waals surface area contributed by atoms with Gasteiger partial charge in [-0.1, -0.05) is 58.5 Å². The molecule has 4 amide bonds. The summed E-state index contributed by atoms with van der Waals surface area (Å²) in [5.41, 5.74) is 8.78. The lowest BCUT2D eigenvalue weighted by molar-refractivity contribution is -0.155. The number of likely N-dealkylation sites (N-methyl/N-ethyl adjacent to an activating group) is 1. The number of phenols is 1. The predicted molar refractivity (Wildman–Crippen MR) is 286 cm³/mol. The molecule has 0 spiro atoms. The molecule has 2 saturated heterocycles. The van der Waals surface area contributed by atoms with Crippen molar-refractivity contribution in [1.82, 2.24) is 30.1 Å².